The fourth-order valence-corrected chi connectivity index (χ4v) is 1.32. The molecule has 0 aromatic carbocycles. The Bertz CT molecular complexity index is 331. The van der Waals surface area contributed by atoms with Gasteiger partial charge >= 0.3 is 0 Å². The van der Waals surface area contributed by atoms with Crippen molar-refractivity contribution in [3.63, 3.8) is 0 Å². The summed E-state index contributed by atoms with van der Waals surface area (Å²) in [5.74, 6) is 0. The molecule has 1 aromatic rings. The smallest absolute Gasteiger partial charge is 0.0373 e. The van der Waals surface area contributed by atoms with Gasteiger partial charge in [0.1, 0.15) is 0 Å². The number of aromatic nitrogens is 1. The fourth-order valence-electron chi connectivity index (χ4n) is 1.32. The largest absolute Gasteiger partial charge is 0.261 e. The maximum atomic E-state index is 4.26. The van der Waals surface area contributed by atoms with Crippen LogP contribution in [-0.2, 0) is 0 Å². The van der Waals surface area contributed by atoms with E-state index < -0.39 is 0 Å². The van der Waals surface area contributed by atoms with Crippen molar-refractivity contribution in [3.8, 4) is 0 Å². The number of hydrogen-bond acceptors (Lipinski definition) is 1. The molecule has 0 fully saturated rings. The molecular weight excluding hydrogens is 146 g/mol. The van der Waals surface area contributed by atoms with E-state index in [4.69, 9.17) is 0 Å². The first-order chi connectivity index (χ1) is 5.86. The van der Waals surface area contributed by atoms with E-state index in [0.29, 0.717) is 0 Å². The van der Waals surface area contributed by atoms with Crippen molar-refractivity contribution in [3.05, 3.63) is 47.8 Å². The average molecular weight is 157 g/mol. The van der Waals surface area contributed by atoms with Crippen molar-refractivity contribution < 1.29 is 0 Å². The monoisotopic (exact) mass is 157 g/mol. The van der Waals surface area contributed by atoms with Crippen molar-refractivity contribution in [2.75, 3.05) is 0 Å². The van der Waals surface area contributed by atoms with Gasteiger partial charge in [0.05, 0.1) is 0 Å². The first-order valence-corrected chi connectivity index (χ1v) is 4.15. The Morgan fingerprint density at radius 1 is 1.33 bits per heavy atom. The van der Waals surface area contributed by atoms with Gasteiger partial charge < -0.3 is 0 Å². The van der Waals surface area contributed by atoms with E-state index in [9.17, 15) is 0 Å². The predicted octanol–water partition coefficient (Wildman–Crippen LogP) is 2.73. The highest BCUT2D eigenvalue weighted by molar-refractivity contribution is 5.70. The normalized spacial score (nSPS) is 14.9. The van der Waals surface area contributed by atoms with Crippen LogP contribution in [0.4, 0.5) is 0 Å². The van der Waals surface area contributed by atoms with Gasteiger partial charge in [0.15, 0.2) is 0 Å². The summed E-state index contributed by atoms with van der Waals surface area (Å²) in [6.07, 6.45) is 9.38. The third-order valence-corrected chi connectivity index (χ3v) is 2.05. The highest BCUT2D eigenvalue weighted by atomic mass is 14.7. The molecule has 0 unspecified atom stereocenters. The molecule has 1 heteroatoms. The van der Waals surface area contributed by atoms with Crippen LogP contribution in [0.1, 0.15) is 17.7 Å². The molecular formula is C11H11N. The van der Waals surface area contributed by atoms with Gasteiger partial charge in [-0.1, -0.05) is 24.3 Å². The summed E-state index contributed by atoms with van der Waals surface area (Å²) < 4.78 is 0. The maximum absolute atomic E-state index is 4.26. The summed E-state index contributed by atoms with van der Waals surface area (Å²) in [6, 6.07) is 4.18. The number of pyridine rings is 1. The second kappa shape index (κ2) is 2.94. The fraction of sp³-hybridized carbons (Fsp3) is 0.182. The van der Waals surface area contributed by atoms with Crippen LogP contribution in [0.15, 0.2) is 36.6 Å². The van der Waals surface area contributed by atoms with E-state index in [2.05, 4.69) is 35.3 Å². The summed E-state index contributed by atoms with van der Waals surface area (Å²) in [4.78, 5) is 4.26. The van der Waals surface area contributed by atoms with Crippen LogP contribution < -0.4 is 0 Å². The van der Waals surface area contributed by atoms with Crippen molar-refractivity contribution in [2.24, 2.45) is 0 Å². The quantitative estimate of drug-likeness (QED) is 0.610. The van der Waals surface area contributed by atoms with Crippen LogP contribution in [0.2, 0.25) is 0 Å². The summed E-state index contributed by atoms with van der Waals surface area (Å²) in [7, 11) is 0. The molecule has 1 aromatic heterocycles. The van der Waals surface area contributed by atoms with Crippen molar-refractivity contribution in [1.82, 2.24) is 4.98 Å². The van der Waals surface area contributed by atoms with Crippen molar-refractivity contribution >= 4 is 5.57 Å². The Hall–Kier alpha value is -1.37. The second-order valence-corrected chi connectivity index (χ2v) is 3.01. The molecule has 0 spiro atoms. The van der Waals surface area contributed by atoms with Gasteiger partial charge in [-0.3, -0.25) is 4.98 Å². The lowest BCUT2D eigenvalue weighted by Crippen LogP contribution is -1.84. The third kappa shape index (κ3) is 1.30. The molecule has 0 bridgehead atoms. The standard InChI is InChI=1S/C11H11N/c1-9-6-7-11(8-12-9)10-4-2-3-5-10/h2-4,6-8H,5H2,1H3. The molecule has 0 amide bonds. The predicted molar refractivity (Wildman–Crippen MR) is 50.7 cm³/mol. The van der Waals surface area contributed by atoms with Gasteiger partial charge in [-0.2, -0.15) is 0 Å². The van der Waals surface area contributed by atoms with Gasteiger partial charge in [0.25, 0.3) is 0 Å². The van der Waals surface area contributed by atoms with E-state index in [1.165, 1.54) is 11.1 Å². The van der Waals surface area contributed by atoms with Gasteiger partial charge in [-0.15, -0.1) is 0 Å². The SMILES string of the molecule is Cc1ccc(C2=CC=CC2)cn1. The average Bonchev–Trinajstić information content (AvgIpc) is 2.58. The van der Waals surface area contributed by atoms with E-state index in [1.54, 1.807) is 0 Å². The minimum Gasteiger partial charge on any atom is -0.261 e. The van der Waals surface area contributed by atoms with Crippen LogP contribution in [0, 0.1) is 6.92 Å². The minimum atomic E-state index is 1.05. The zero-order valence-corrected chi connectivity index (χ0v) is 7.12. The van der Waals surface area contributed by atoms with E-state index in [-0.39, 0.29) is 0 Å². The summed E-state index contributed by atoms with van der Waals surface area (Å²) in [5.41, 5.74) is 3.68. The molecule has 1 nitrogen and oxygen atoms in total. The number of allylic oxidation sites excluding steroid dienone is 4. The lowest BCUT2D eigenvalue weighted by Gasteiger charge is -2.00. The molecule has 0 atom stereocenters. The van der Waals surface area contributed by atoms with Gasteiger partial charge in [-0.25, -0.2) is 0 Å². The lowest BCUT2D eigenvalue weighted by atomic mass is 10.1. The molecule has 1 aliphatic rings. The van der Waals surface area contributed by atoms with Crippen LogP contribution in [0.5, 0.6) is 0 Å². The zero-order valence-electron chi connectivity index (χ0n) is 7.12. The topological polar surface area (TPSA) is 12.9 Å². The molecule has 1 heterocycles. The Balaban J connectivity index is 2.30. The Morgan fingerprint density at radius 2 is 2.25 bits per heavy atom. The van der Waals surface area contributed by atoms with E-state index >= 15 is 0 Å². The van der Waals surface area contributed by atoms with Crippen molar-refractivity contribution in [1.29, 1.82) is 0 Å². The van der Waals surface area contributed by atoms with Crippen LogP contribution >= 0.6 is 0 Å². The third-order valence-electron chi connectivity index (χ3n) is 2.05. The second-order valence-electron chi connectivity index (χ2n) is 3.01. The molecule has 60 valence electrons. The highest BCUT2D eigenvalue weighted by Gasteiger charge is 2.01. The minimum absolute atomic E-state index is 1.05. The molecule has 12 heavy (non-hydrogen) atoms. The Labute approximate surface area is 72.5 Å². The number of rotatable bonds is 1. The molecule has 0 N–H and O–H groups in total. The first-order valence-electron chi connectivity index (χ1n) is 4.15. The van der Waals surface area contributed by atoms with Crippen LogP contribution in [0.25, 0.3) is 5.57 Å². The lowest BCUT2D eigenvalue weighted by molar-refractivity contribution is 1.18. The van der Waals surface area contributed by atoms with Crippen LogP contribution in [0.3, 0.4) is 0 Å². The molecule has 2 rings (SSSR count). The highest BCUT2D eigenvalue weighted by Crippen LogP contribution is 2.21. The summed E-state index contributed by atoms with van der Waals surface area (Å²) in [6.45, 7) is 2.01. The van der Waals surface area contributed by atoms with Crippen LogP contribution in [-0.4, -0.2) is 4.98 Å². The number of hydrogen-bond donors (Lipinski definition) is 0. The van der Waals surface area contributed by atoms with Crippen molar-refractivity contribution in [2.45, 2.75) is 13.3 Å². The number of nitrogens with zero attached hydrogens (tertiary/aromatic N) is 1. The van der Waals surface area contributed by atoms with E-state index in [0.717, 1.165) is 12.1 Å². The molecule has 0 saturated heterocycles. The Kier molecular flexibility index (Phi) is 1.78. The zero-order chi connectivity index (χ0) is 8.39. The van der Waals surface area contributed by atoms with Gasteiger partial charge in [0, 0.05) is 11.9 Å². The molecule has 0 radical (unpaired) electrons. The summed E-state index contributed by atoms with van der Waals surface area (Å²) >= 11 is 0. The molecule has 0 saturated carbocycles. The van der Waals surface area contributed by atoms with Gasteiger partial charge in [-0.05, 0) is 30.5 Å². The summed E-state index contributed by atoms with van der Waals surface area (Å²) in [5, 5.41) is 0. The van der Waals surface area contributed by atoms with E-state index in [1.807, 2.05) is 13.1 Å². The maximum Gasteiger partial charge on any atom is 0.0373 e. The van der Waals surface area contributed by atoms with Gasteiger partial charge in [0.2, 0.25) is 0 Å². The first kappa shape index (κ1) is 7.29. The number of aryl methyl sites for hydroxylation is 1. The Morgan fingerprint density at radius 3 is 2.83 bits per heavy atom. The molecule has 1 aliphatic carbocycles. The molecule has 0 aliphatic heterocycles.